The maximum atomic E-state index is 12.5. The molecule has 1 aromatic heterocycles. The van der Waals surface area contributed by atoms with Crippen LogP contribution in [0.3, 0.4) is 0 Å². The smallest absolute Gasteiger partial charge is 0.256 e. The quantitative estimate of drug-likeness (QED) is 0.629. The highest BCUT2D eigenvalue weighted by Gasteiger charge is 2.28. The van der Waals surface area contributed by atoms with E-state index in [0.29, 0.717) is 21.5 Å². The van der Waals surface area contributed by atoms with E-state index in [2.05, 4.69) is 10.3 Å². The maximum Gasteiger partial charge on any atom is 0.256 e. The number of fused-ring (bicyclic) bond motifs is 1. The average molecular weight is 304 g/mol. The predicted molar refractivity (Wildman–Crippen MR) is 75.8 cm³/mol. The van der Waals surface area contributed by atoms with Gasteiger partial charge in [-0.05, 0) is 5.39 Å². The van der Waals surface area contributed by atoms with E-state index in [0.717, 1.165) is 0 Å². The molecule has 2 heterocycles. The zero-order valence-electron chi connectivity index (χ0n) is 10.8. The van der Waals surface area contributed by atoms with Crippen LogP contribution in [0.4, 0.5) is 0 Å². The summed E-state index contributed by atoms with van der Waals surface area (Å²) in [6, 6.07) is 7.09. The number of nitrogens with zero attached hydrogens (tertiary/aromatic N) is 2. The van der Waals surface area contributed by atoms with E-state index < -0.39 is 17.7 Å². The molecule has 0 spiro atoms. The number of pyridine rings is 1. The minimum Gasteiger partial charge on any atom is -0.320 e. The van der Waals surface area contributed by atoms with Crippen molar-refractivity contribution >= 4 is 40.1 Å². The number of carbonyl (C=O) groups is 3. The lowest BCUT2D eigenvalue weighted by Crippen LogP contribution is -2.53. The van der Waals surface area contributed by atoms with Crippen LogP contribution in [0, 0.1) is 0 Å². The Morgan fingerprint density at radius 1 is 1.14 bits per heavy atom. The second-order valence-corrected chi connectivity index (χ2v) is 5.00. The molecule has 3 amide bonds. The fraction of sp³-hybridized carbons (Fsp3) is 0.143. The minimum absolute atomic E-state index is 0.151. The summed E-state index contributed by atoms with van der Waals surface area (Å²) < 4.78 is 0. The lowest BCUT2D eigenvalue weighted by atomic mass is 10.1. The molecule has 1 aliphatic heterocycles. The van der Waals surface area contributed by atoms with Gasteiger partial charge in [-0.2, -0.15) is 0 Å². The zero-order chi connectivity index (χ0) is 15.0. The van der Waals surface area contributed by atoms with Gasteiger partial charge in [-0.15, -0.1) is 0 Å². The van der Waals surface area contributed by atoms with Crippen molar-refractivity contribution in [3.63, 3.8) is 0 Å². The van der Waals surface area contributed by atoms with Crippen molar-refractivity contribution in [3.8, 4) is 0 Å². The van der Waals surface area contributed by atoms with E-state index in [1.54, 1.807) is 24.3 Å². The fourth-order valence-electron chi connectivity index (χ4n) is 2.28. The van der Waals surface area contributed by atoms with E-state index in [1.165, 1.54) is 11.1 Å². The average Bonchev–Trinajstić information content (AvgIpc) is 2.46. The molecule has 2 aromatic rings. The first-order chi connectivity index (χ1) is 10.1. The van der Waals surface area contributed by atoms with Gasteiger partial charge in [0.1, 0.15) is 18.2 Å². The molecule has 1 fully saturated rings. The molecular weight excluding hydrogens is 294 g/mol. The van der Waals surface area contributed by atoms with Crippen LogP contribution in [-0.2, 0) is 9.59 Å². The van der Waals surface area contributed by atoms with Crippen molar-refractivity contribution in [1.29, 1.82) is 0 Å². The molecule has 1 saturated heterocycles. The third-order valence-corrected chi connectivity index (χ3v) is 3.51. The van der Waals surface area contributed by atoms with Crippen LogP contribution in [-0.4, -0.2) is 40.7 Å². The molecule has 0 aliphatic carbocycles. The van der Waals surface area contributed by atoms with Crippen LogP contribution in [0.2, 0.25) is 5.15 Å². The van der Waals surface area contributed by atoms with Crippen molar-refractivity contribution in [3.05, 3.63) is 41.2 Å². The number of aromatic nitrogens is 1. The standard InChI is InChI=1S/C14H10ClN3O3/c15-13-9-4-2-1-3-8(9)10(5-16-13)14(21)18-6-11(19)17-12(20)7-18/h1-5H,6-7H2,(H,17,19,20). The number of carbonyl (C=O) groups excluding carboxylic acids is 3. The van der Waals surface area contributed by atoms with Crippen LogP contribution in [0.1, 0.15) is 10.4 Å². The number of hydrogen-bond donors (Lipinski definition) is 1. The monoisotopic (exact) mass is 303 g/mol. The van der Waals surface area contributed by atoms with Gasteiger partial charge in [-0.3, -0.25) is 19.7 Å². The number of halogens is 1. The summed E-state index contributed by atoms with van der Waals surface area (Å²) in [7, 11) is 0. The second kappa shape index (κ2) is 5.14. The van der Waals surface area contributed by atoms with E-state index in [1.807, 2.05) is 0 Å². The van der Waals surface area contributed by atoms with E-state index in [9.17, 15) is 14.4 Å². The van der Waals surface area contributed by atoms with Crippen LogP contribution >= 0.6 is 11.6 Å². The van der Waals surface area contributed by atoms with E-state index in [-0.39, 0.29) is 13.1 Å². The van der Waals surface area contributed by atoms with Gasteiger partial charge in [0.15, 0.2) is 0 Å². The molecule has 106 valence electrons. The lowest BCUT2D eigenvalue weighted by Gasteiger charge is -2.25. The van der Waals surface area contributed by atoms with Gasteiger partial charge in [0.05, 0.1) is 5.56 Å². The molecule has 1 N–H and O–H groups in total. The highest BCUT2D eigenvalue weighted by atomic mass is 35.5. The summed E-state index contributed by atoms with van der Waals surface area (Å²) in [6.45, 7) is -0.303. The van der Waals surface area contributed by atoms with Gasteiger partial charge in [0.25, 0.3) is 5.91 Å². The lowest BCUT2D eigenvalue weighted by molar-refractivity contribution is -0.135. The van der Waals surface area contributed by atoms with Gasteiger partial charge in [-0.1, -0.05) is 35.9 Å². The molecule has 0 saturated carbocycles. The molecule has 0 bridgehead atoms. The molecule has 1 aromatic carbocycles. The number of piperazine rings is 1. The zero-order valence-corrected chi connectivity index (χ0v) is 11.6. The number of benzene rings is 1. The number of rotatable bonds is 1. The number of amides is 3. The van der Waals surface area contributed by atoms with Crippen LogP contribution in [0.25, 0.3) is 10.8 Å². The third kappa shape index (κ3) is 2.45. The Morgan fingerprint density at radius 2 is 1.76 bits per heavy atom. The first-order valence-electron chi connectivity index (χ1n) is 6.21. The van der Waals surface area contributed by atoms with Crippen LogP contribution in [0.15, 0.2) is 30.5 Å². The summed E-state index contributed by atoms with van der Waals surface area (Å²) in [6.07, 6.45) is 1.37. The Bertz CT molecular complexity index is 759. The third-order valence-electron chi connectivity index (χ3n) is 3.21. The summed E-state index contributed by atoms with van der Waals surface area (Å²) in [4.78, 5) is 40.5. The molecule has 0 radical (unpaired) electrons. The van der Waals surface area contributed by atoms with Gasteiger partial charge >= 0.3 is 0 Å². The highest BCUT2D eigenvalue weighted by molar-refractivity contribution is 6.34. The van der Waals surface area contributed by atoms with Gasteiger partial charge in [0.2, 0.25) is 11.8 Å². The molecule has 7 heteroatoms. The van der Waals surface area contributed by atoms with Crippen molar-refractivity contribution < 1.29 is 14.4 Å². The number of hydrogen-bond acceptors (Lipinski definition) is 4. The van der Waals surface area contributed by atoms with Crippen molar-refractivity contribution in [2.45, 2.75) is 0 Å². The molecule has 0 unspecified atom stereocenters. The minimum atomic E-state index is -0.495. The Morgan fingerprint density at radius 3 is 2.43 bits per heavy atom. The summed E-state index contributed by atoms with van der Waals surface area (Å²) in [5.41, 5.74) is 0.317. The molecule has 0 atom stereocenters. The predicted octanol–water partition coefficient (Wildman–Crippen LogP) is 0.987. The molecular formula is C14H10ClN3O3. The molecule has 1 aliphatic rings. The molecule has 6 nitrogen and oxygen atoms in total. The summed E-state index contributed by atoms with van der Waals surface area (Å²) in [5, 5.41) is 3.74. The maximum absolute atomic E-state index is 12.5. The normalized spacial score (nSPS) is 15.2. The van der Waals surface area contributed by atoms with Crippen molar-refractivity contribution in [1.82, 2.24) is 15.2 Å². The van der Waals surface area contributed by atoms with E-state index in [4.69, 9.17) is 11.6 Å². The largest absolute Gasteiger partial charge is 0.320 e. The SMILES string of the molecule is O=C1CN(C(=O)c2cnc(Cl)c3ccccc23)CC(=O)N1. The van der Waals surface area contributed by atoms with E-state index >= 15 is 0 Å². The first-order valence-corrected chi connectivity index (χ1v) is 6.59. The summed E-state index contributed by atoms with van der Waals surface area (Å²) >= 11 is 6.01. The summed E-state index contributed by atoms with van der Waals surface area (Å²) in [5.74, 6) is -1.41. The Balaban J connectivity index is 2.04. The van der Waals surface area contributed by atoms with Gasteiger partial charge < -0.3 is 4.90 Å². The van der Waals surface area contributed by atoms with Crippen LogP contribution < -0.4 is 5.32 Å². The topological polar surface area (TPSA) is 79.4 Å². The number of nitrogens with one attached hydrogen (secondary N) is 1. The van der Waals surface area contributed by atoms with Gasteiger partial charge in [-0.25, -0.2) is 4.98 Å². The highest BCUT2D eigenvalue weighted by Crippen LogP contribution is 2.25. The Labute approximate surface area is 124 Å². The van der Waals surface area contributed by atoms with Crippen molar-refractivity contribution in [2.24, 2.45) is 0 Å². The second-order valence-electron chi connectivity index (χ2n) is 4.64. The van der Waals surface area contributed by atoms with Crippen LogP contribution in [0.5, 0.6) is 0 Å². The number of imide groups is 1. The Hall–Kier alpha value is -2.47. The Kier molecular flexibility index (Phi) is 3.31. The molecule has 21 heavy (non-hydrogen) atoms. The van der Waals surface area contributed by atoms with Crippen molar-refractivity contribution in [2.75, 3.05) is 13.1 Å². The fourth-order valence-corrected chi connectivity index (χ4v) is 2.49. The van der Waals surface area contributed by atoms with Gasteiger partial charge in [0, 0.05) is 11.6 Å². The first kappa shape index (κ1) is 13.5. The molecule has 3 rings (SSSR count).